The molecule has 0 aromatic carbocycles. The normalized spacial score (nSPS) is 11.4. The highest BCUT2D eigenvalue weighted by molar-refractivity contribution is 5.87. The van der Waals surface area contributed by atoms with Crippen molar-refractivity contribution in [3.63, 3.8) is 0 Å². The van der Waals surface area contributed by atoms with Crippen LogP contribution in [0, 0.1) is 5.41 Å². The molecule has 8 heteroatoms. The van der Waals surface area contributed by atoms with E-state index in [4.69, 9.17) is 16.9 Å². The number of rotatable bonds is 7. The molecule has 0 fully saturated rings. The highest BCUT2D eigenvalue weighted by Crippen LogP contribution is 1.93. The van der Waals surface area contributed by atoms with Crippen LogP contribution in [0.3, 0.4) is 0 Å². The van der Waals surface area contributed by atoms with E-state index in [2.05, 4.69) is 16.0 Å². The molecule has 0 aliphatic heterocycles. The molecular formula is C9H20N6O2. The highest BCUT2D eigenvalue weighted by Gasteiger charge is 2.13. The summed E-state index contributed by atoms with van der Waals surface area (Å²) in [5.41, 5.74) is 10.7. The smallest absolute Gasteiger partial charge is 0.239 e. The van der Waals surface area contributed by atoms with Crippen molar-refractivity contribution >= 4 is 17.8 Å². The maximum absolute atomic E-state index is 11.4. The number of nitrogens with one attached hydrogen (secondary N) is 4. The summed E-state index contributed by atoms with van der Waals surface area (Å²) >= 11 is 0. The fourth-order valence-corrected chi connectivity index (χ4v) is 1.06. The number of carbonyl (C=O) groups is 2. The summed E-state index contributed by atoms with van der Waals surface area (Å²) in [6.45, 7) is 0.417. The summed E-state index contributed by atoms with van der Waals surface area (Å²) in [7, 11) is 1.49. The Morgan fingerprint density at radius 2 is 2.00 bits per heavy atom. The van der Waals surface area contributed by atoms with Crippen molar-refractivity contribution in [2.24, 2.45) is 11.5 Å². The van der Waals surface area contributed by atoms with Gasteiger partial charge in [0.15, 0.2) is 5.96 Å². The van der Waals surface area contributed by atoms with Gasteiger partial charge < -0.3 is 27.4 Å². The predicted octanol–water partition coefficient (Wildman–Crippen LogP) is -2.56. The number of guanidine groups is 1. The van der Waals surface area contributed by atoms with Gasteiger partial charge >= 0.3 is 0 Å². The van der Waals surface area contributed by atoms with Crippen LogP contribution < -0.4 is 27.4 Å². The summed E-state index contributed by atoms with van der Waals surface area (Å²) in [5.74, 6) is -0.747. The van der Waals surface area contributed by atoms with Gasteiger partial charge in [0.25, 0.3) is 0 Å². The molecule has 0 saturated carbocycles. The number of hydrogen-bond donors (Lipinski definition) is 6. The predicted molar refractivity (Wildman–Crippen MR) is 64.2 cm³/mol. The van der Waals surface area contributed by atoms with E-state index in [0.29, 0.717) is 19.4 Å². The van der Waals surface area contributed by atoms with Crippen molar-refractivity contribution in [2.75, 3.05) is 20.1 Å². The summed E-state index contributed by atoms with van der Waals surface area (Å²) in [4.78, 5) is 22.2. The lowest BCUT2D eigenvalue weighted by Crippen LogP contribution is -2.44. The molecule has 0 spiro atoms. The van der Waals surface area contributed by atoms with E-state index in [9.17, 15) is 9.59 Å². The molecule has 0 aliphatic carbocycles. The van der Waals surface area contributed by atoms with Crippen LogP contribution in [0.2, 0.25) is 0 Å². The van der Waals surface area contributed by atoms with Crippen molar-refractivity contribution in [3.8, 4) is 0 Å². The average Bonchev–Trinajstić information content (AvgIpc) is 2.30. The summed E-state index contributed by atoms with van der Waals surface area (Å²) in [6, 6.07) is -0.659. The van der Waals surface area contributed by atoms with Crippen molar-refractivity contribution in [1.29, 1.82) is 5.41 Å². The van der Waals surface area contributed by atoms with Crippen LogP contribution in [0.5, 0.6) is 0 Å². The standard InChI is InChI=1S/C9H20N6O2/c1-13-7(16)5-15-8(17)6(10)3-2-4-14-9(11)12/h6H,2-5,10H2,1H3,(H,13,16)(H,15,17)(H4,11,12,14). The molecule has 1 atom stereocenters. The first-order valence-corrected chi connectivity index (χ1v) is 5.29. The van der Waals surface area contributed by atoms with Crippen molar-refractivity contribution < 1.29 is 9.59 Å². The molecule has 8 N–H and O–H groups in total. The Balaban J connectivity index is 3.67. The lowest BCUT2D eigenvalue weighted by atomic mass is 10.1. The monoisotopic (exact) mass is 244 g/mol. The van der Waals surface area contributed by atoms with Gasteiger partial charge in [0.2, 0.25) is 11.8 Å². The van der Waals surface area contributed by atoms with Gasteiger partial charge in [0.05, 0.1) is 12.6 Å². The first-order chi connectivity index (χ1) is 7.97. The Hall–Kier alpha value is -1.83. The Morgan fingerprint density at radius 3 is 2.53 bits per heavy atom. The third kappa shape index (κ3) is 8.03. The van der Waals surface area contributed by atoms with Gasteiger partial charge in [-0.25, -0.2) is 0 Å². The molecule has 0 saturated heterocycles. The van der Waals surface area contributed by atoms with Crippen molar-refractivity contribution in [3.05, 3.63) is 0 Å². The van der Waals surface area contributed by atoms with Crippen LogP contribution in [0.4, 0.5) is 0 Å². The van der Waals surface area contributed by atoms with E-state index in [1.165, 1.54) is 7.05 Å². The van der Waals surface area contributed by atoms with E-state index < -0.39 is 6.04 Å². The molecular weight excluding hydrogens is 224 g/mol. The van der Waals surface area contributed by atoms with Crippen LogP contribution in [0.15, 0.2) is 0 Å². The molecule has 1 unspecified atom stereocenters. The minimum Gasteiger partial charge on any atom is -0.370 e. The SMILES string of the molecule is CNC(=O)CNC(=O)C(N)CCCNC(=N)N. The lowest BCUT2D eigenvalue weighted by Gasteiger charge is -2.11. The molecule has 0 heterocycles. The first kappa shape index (κ1) is 15.2. The number of carbonyl (C=O) groups excluding carboxylic acids is 2. The van der Waals surface area contributed by atoms with Gasteiger partial charge in [-0.2, -0.15) is 0 Å². The average molecular weight is 244 g/mol. The molecule has 0 bridgehead atoms. The van der Waals surface area contributed by atoms with E-state index in [1.807, 2.05) is 0 Å². The van der Waals surface area contributed by atoms with Gasteiger partial charge in [-0.15, -0.1) is 0 Å². The van der Waals surface area contributed by atoms with E-state index in [-0.39, 0.29) is 24.3 Å². The molecule has 0 rings (SSSR count). The van der Waals surface area contributed by atoms with Crippen LogP contribution in [-0.2, 0) is 9.59 Å². The summed E-state index contributed by atoms with van der Waals surface area (Å²) < 4.78 is 0. The third-order valence-corrected chi connectivity index (χ3v) is 2.05. The number of likely N-dealkylation sites (N-methyl/N-ethyl adjacent to an activating group) is 1. The zero-order valence-corrected chi connectivity index (χ0v) is 9.88. The Bertz CT molecular complexity index is 281. The van der Waals surface area contributed by atoms with Gasteiger partial charge in [-0.05, 0) is 12.8 Å². The molecule has 0 aromatic heterocycles. The Morgan fingerprint density at radius 1 is 1.35 bits per heavy atom. The minimum absolute atomic E-state index is 0.0747. The summed E-state index contributed by atoms with van der Waals surface area (Å²) in [6.07, 6.45) is 1.08. The maximum Gasteiger partial charge on any atom is 0.239 e. The van der Waals surface area contributed by atoms with Crippen LogP contribution >= 0.6 is 0 Å². The molecule has 2 amide bonds. The second-order valence-electron chi connectivity index (χ2n) is 3.48. The van der Waals surface area contributed by atoms with Gasteiger partial charge in [-0.3, -0.25) is 15.0 Å². The summed E-state index contributed by atoms with van der Waals surface area (Å²) in [5, 5.41) is 14.3. The largest absolute Gasteiger partial charge is 0.370 e. The zero-order valence-electron chi connectivity index (χ0n) is 9.88. The van der Waals surface area contributed by atoms with E-state index in [1.54, 1.807) is 0 Å². The third-order valence-electron chi connectivity index (χ3n) is 2.05. The molecule has 17 heavy (non-hydrogen) atoms. The molecule has 0 aliphatic rings. The zero-order chi connectivity index (χ0) is 13.3. The second kappa shape index (κ2) is 8.34. The topological polar surface area (TPSA) is 146 Å². The Labute approximate surface area is 100.0 Å². The first-order valence-electron chi connectivity index (χ1n) is 5.29. The number of hydrogen-bond acceptors (Lipinski definition) is 4. The maximum atomic E-state index is 11.4. The van der Waals surface area contributed by atoms with Gasteiger partial charge in [-0.1, -0.05) is 0 Å². The fraction of sp³-hybridized carbons (Fsp3) is 0.667. The van der Waals surface area contributed by atoms with Crippen molar-refractivity contribution in [2.45, 2.75) is 18.9 Å². The van der Waals surface area contributed by atoms with Crippen LogP contribution in [0.25, 0.3) is 0 Å². The minimum atomic E-state index is -0.659. The second-order valence-corrected chi connectivity index (χ2v) is 3.48. The number of amides is 2. The lowest BCUT2D eigenvalue weighted by molar-refractivity contribution is -0.126. The van der Waals surface area contributed by atoms with Gasteiger partial charge in [0.1, 0.15) is 0 Å². The van der Waals surface area contributed by atoms with Gasteiger partial charge in [0, 0.05) is 13.6 Å². The molecule has 98 valence electrons. The van der Waals surface area contributed by atoms with Crippen LogP contribution in [0.1, 0.15) is 12.8 Å². The number of nitrogens with two attached hydrogens (primary N) is 2. The van der Waals surface area contributed by atoms with Crippen LogP contribution in [-0.4, -0.2) is 44.0 Å². The molecule has 8 nitrogen and oxygen atoms in total. The van der Waals surface area contributed by atoms with Crippen molar-refractivity contribution in [1.82, 2.24) is 16.0 Å². The van der Waals surface area contributed by atoms with E-state index >= 15 is 0 Å². The molecule has 0 aromatic rings. The highest BCUT2D eigenvalue weighted by atomic mass is 16.2. The quantitative estimate of drug-likeness (QED) is 0.166. The van der Waals surface area contributed by atoms with E-state index in [0.717, 1.165) is 0 Å². The fourth-order valence-electron chi connectivity index (χ4n) is 1.06. The Kier molecular flexibility index (Phi) is 7.44. The molecule has 0 radical (unpaired) electrons.